The Kier molecular flexibility index (Phi) is 3.58. The van der Waals surface area contributed by atoms with Crippen LogP contribution in [0.4, 0.5) is 0 Å². The van der Waals surface area contributed by atoms with Gasteiger partial charge >= 0.3 is 0 Å². The van der Waals surface area contributed by atoms with Crippen LogP contribution in [0.3, 0.4) is 0 Å². The molecule has 1 aromatic rings. The normalized spacial score (nSPS) is 28.2. The summed E-state index contributed by atoms with van der Waals surface area (Å²) in [5.74, 6) is 0.448. The molecular formula is C16H20N+. The lowest BCUT2D eigenvalue weighted by molar-refractivity contribution is -0.731. The van der Waals surface area contributed by atoms with Crippen molar-refractivity contribution in [3.05, 3.63) is 66.5 Å². The lowest BCUT2D eigenvalue weighted by Gasteiger charge is -2.18. The highest BCUT2D eigenvalue weighted by Crippen LogP contribution is 2.21. The van der Waals surface area contributed by atoms with Gasteiger partial charge in [-0.3, -0.25) is 0 Å². The number of hydrogen-bond acceptors (Lipinski definition) is 0. The summed E-state index contributed by atoms with van der Waals surface area (Å²) in [6.45, 7) is 8.66. The fourth-order valence-corrected chi connectivity index (χ4v) is 2.21. The third-order valence-electron chi connectivity index (χ3n) is 3.61. The molecule has 2 unspecified atom stereocenters. The highest BCUT2D eigenvalue weighted by molar-refractivity contribution is 5.22. The maximum atomic E-state index is 4.16. The first kappa shape index (κ1) is 11.8. The summed E-state index contributed by atoms with van der Waals surface area (Å²) in [6.07, 6.45) is 11.7. The summed E-state index contributed by atoms with van der Waals surface area (Å²) in [6, 6.07) is 6.84. The molecule has 0 radical (unpaired) electrons. The average molecular weight is 226 g/mol. The minimum absolute atomic E-state index is 0.440. The van der Waals surface area contributed by atoms with Crippen molar-refractivity contribution in [2.75, 3.05) is 0 Å². The highest BCUT2D eigenvalue weighted by Gasteiger charge is 2.24. The van der Waals surface area contributed by atoms with Crippen LogP contribution in [0.5, 0.6) is 0 Å². The monoisotopic (exact) mass is 226 g/mol. The molecule has 0 aromatic carbocycles. The molecule has 0 fully saturated rings. The Morgan fingerprint density at radius 2 is 2.06 bits per heavy atom. The lowest BCUT2D eigenvalue weighted by atomic mass is 9.93. The summed E-state index contributed by atoms with van der Waals surface area (Å²) in [7, 11) is 0. The second-order valence-corrected chi connectivity index (χ2v) is 4.69. The summed E-state index contributed by atoms with van der Waals surface area (Å²) in [5.41, 5.74) is 2.54. The van der Waals surface area contributed by atoms with Gasteiger partial charge in [0, 0.05) is 18.1 Å². The lowest BCUT2D eigenvalue weighted by Crippen LogP contribution is -2.44. The molecular weight excluding hydrogens is 206 g/mol. The van der Waals surface area contributed by atoms with E-state index < -0.39 is 0 Å². The maximum Gasteiger partial charge on any atom is 0.185 e. The standard InChI is InChI=1S/C16H20N/c1-13-9-5-4-6-10-16-11-7-8-12-17(16)15(3)14(13)2/h4-9,11-12,14-15H,1,10H2,2-3H3/q+1/b6-4-,9-5-. The van der Waals surface area contributed by atoms with Gasteiger partial charge in [-0.25, -0.2) is 0 Å². The molecule has 1 aliphatic rings. The molecule has 1 heteroatoms. The number of allylic oxidation sites excluding steroid dienone is 5. The second kappa shape index (κ2) is 5.13. The van der Waals surface area contributed by atoms with E-state index in [1.165, 1.54) is 11.3 Å². The average Bonchev–Trinajstić information content (AvgIpc) is 2.36. The minimum Gasteiger partial charge on any atom is -0.199 e. The van der Waals surface area contributed by atoms with Gasteiger partial charge in [0.1, 0.15) is 0 Å². The molecule has 0 aliphatic carbocycles. The Morgan fingerprint density at radius 1 is 1.24 bits per heavy atom. The molecule has 0 amide bonds. The van der Waals surface area contributed by atoms with Gasteiger partial charge in [-0.15, -0.1) is 0 Å². The van der Waals surface area contributed by atoms with Gasteiger partial charge in [0.25, 0.3) is 0 Å². The number of nitrogens with zero attached hydrogens (tertiary/aromatic N) is 1. The van der Waals surface area contributed by atoms with E-state index >= 15 is 0 Å². The van der Waals surface area contributed by atoms with Gasteiger partial charge in [-0.05, 0) is 12.5 Å². The first-order valence-corrected chi connectivity index (χ1v) is 6.21. The Labute approximate surface area is 104 Å². The van der Waals surface area contributed by atoms with Gasteiger partial charge in [-0.1, -0.05) is 43.9 Å². The zero-order valence-corrected chi connectivity index (χ0v) is 10.6. The number of pyridine rings is 1. The van der Waals surface area contributed by atoms with E-state index in [2.05, 4.69) is 73.7 Å². The third-order valence-corrected chi connectivity index (χ3v) is 3.61. The Balaban J connectivity index is 2.45. The van der Waals surface area contributed by atoms with Crippen molar-refractivity contribution < 1.29 is 4.57 Å². The zero-order valence-electron chi connectivity index (χ0n) is 10.6. The third kappa shape index (κ3) is 2.55. The van der Waals surface area contributed by atoms with Crippen molar-refractivity contribution in [2.24, 2.45) is 5.92 Å². The van der Waals surface area contributed by atoms with Crippen LogP contribution in [0, 0.1) is 5.92 Å². The van der Waals surface area contributed by atoms with E-state index in [1.807, 2.05) is 0 Å². The van der Waals surface area contributed by atoms with Gasteiger partial charge in [0.15, 0.2) is 17.9 Å². The SMILES string of the molecule is C=C1/C=C\C=C/Cc2cccc[n+]2C(C)C1C. The number of hydrogen-bond donors (Lipinski definition) is 0. The van der Waals surface area contributed by atoms with E-state index in [0.29, 0.717) is 12.0 Å². The first-order chi connectivity index (χ1) is 8.20. The molecule has 0 N–H and O–H groups in total. The van der Waals surface area contributed by atoms with Crippen molar-refractivity contribution in [3.63, 3.8) is 0 Å². The van der Waals surface area contributed by atoms with Crippen molar-refractivity contribution in [3.8, 4) is 0 Å². The smallest absolute Gasteiger partial charge is 0.185 e. The van der Waals surface area contributed by atoms with E-state index in [1.54, 1.807) is 0 Å². The van der Waals surface area contributed by atoms with Gasteiger partial charge in [0.2, 0.25) is 0 Å². The molecule has 1 aliphatic heterocycles. The predicted molar refractivity (Wildman–Crippen MR) is 71.6 cm³/mol. The van der Waals surface area contributed by atoms with Crippen molar-refractivity contribution in [2.45, 2.75) is 26.3 Å². The van der Waals surface area contributed by atoms with Gasteiger partial charge < -0.3 is 0 Å². The van der Waals surface area contributed by atoms with Crippen LogP contribution in [0.2, 0.25) is 0 Å². The second-order valence-electron chi connectivity index (χ2n) is 4.69. The van der Waals surface area contributed by atoms with Crippen LogP contribution in [-0.2, 0) is 6.42 Å². The number of aromatic nitrogens is 1. The van der Waals surface area contributed by atoms with Gasteiger partial charge in [-0.2, -0.15) is 4.57 Å². The number of rotatable bonds is 0. The molecule has 0 saturated carbocycles. The minimum atomic E-state index is 0.440. The molecule has 17 heavy (non-hydrogen) atoms. The molecule has 1 nitrogen and oxygen atoms in total. The highest BCUT2D eigenvalue weighted by atomic mass is 15.0. The maximum absolute atomic E-state index is 4.16. The van der Waals surface area contributed by atoms with E-state index in [0.717, 1.165) is 6.42 Å². The summed E-state index contributed by atoms with van der Waals surface area (Å²) in [5, 5.41) is 0. The fourth-order valence-electron chi connectivity index (χ4n) is 2.21. The molecule has 2 rings (SSSR count). The van der Waals surface area contributed by atoms with Crippen LogP contribution < -0.4 is 4.57 Å². The Hall–Kier alpha value is -1.63. The molecule has 0 bridgehead atoms. The predicted octanol–water partition coefficient (Wildman–Crippen LogP) is 3.40. The summed E-state index contributed by atoms with van der Waals surface area (Å²) >= 11 is 0. The van der Waals surface area contributed by atoms with Crippen LogP contribution in [0.15, 0.2) is 60.9 Å². The Bertz CT molecular complexity index is 468. The molecule has 88 valence electrons. The molecule has 0 spiro atoms. The van der Waals surface area contributed by atoms with Crippen LogP contribution in [-0.4, -0.2) is 0 Å². The van der Waals surface area contributed by atoms with Crippen molar-refractivity contribution >= 4 is 0 Å². The molecule has 1 aromatic heterocycles. The van der Waals surface area contributed by atoms with Crippen LogP contribution >= 0.6 is 0 Å². The molecule has 2 atom stereocenters. The van der Waals surface area contributed by atoms with E-state index in [4.69, 9.17) is 0 Å². The van der Waals surface area contributed by atoms with Crippen LogP contribution in [0.1, 0.15) is 25.6 Å². The molecule has 0 saturated heterocycles. The fraction of sp³-hybridized carbons (Fsp3) is 0.312. The van der Waals surface area contributed by atoms with E-state index in [-0.39, 0.29) is 0 Å². The van der Waals surface area contributed by atoms with Crippen LogP contribution in [0.25, 0.3) is 0 Å². The van der Waals surface area contributed by atoms with E-state index in [9.17, 15) is 0 Å². The Morgan fingerprint density at radius 3 is 2.88 bits per heavy atom. The zero-order chi connectivity index (χ0) is 12.3. The van der Waals surface area contributed by atoms with Crippen molar-refractivity contribution in [1.82, 2.24) is 0 Å². The number of fused-ring (bicyclic) bond motifs is 1. The molecule has 2 heterocycles. The van der Waals surface area contributed by atoms with Gasteiger partial charge in [0.05, 0.1) is 6.42 Å². The summed E-state index contributed by atoms with van der Waals surface area (Å²) in [4.78, 5) is 0. The summed E-state index contributed by atoms with van der Waals surface area (Å²) < 4.78 is 2.36. The largest absolute Gasteiger partial charge is 0.199 e. The quantitative estimate of drug-likeness (QED) is 0.597. The van der Waals surface area contributed by atoms with Crippen molar-refractivity contribution in [1.29, 1.82) is 0 Å². The topological polar surface area (TPSA) is 3.88 Å². The first-order valence-electron chi connectivity index (χ1n) is 6.21.